The van der Waals surface area contributed by atoms with Crippen LogP contribution in [-0.2, 0) is 35.1 Å². The first kappa shape index (κ1) is 34.1. The van der Waals surface area contributed by atoms with Gasteiger partial charge in [-0.2, -0.15) is 0 Å². The highest BCUT2D eigenvalue weighted by Gasteiger charge is 2.25. The van der Waals surface area contributed by atoms with Crippen LogP contribution in [0.4, 0.5) is 0 Å². The van der Waals surface area contributed by atoms with Crippen LogP contribution in [0.2, 0.25) is 0 Å². The van der Waals surface area contributed by atoms with Crippen LogP contribution in [0.25, 0.3) is 0 Å². The highest BCUT2D eigenvalue weighted by Crippen LogP contribution is 2.31. The summed E-state index contributed by atoms with van der Waals surface area (Å²) in [4.78, 5) is 49.5. The minimum Gasteiger partial charge on any atom is -0.459 e. The van der Waals surface area contributed by atoms with Crippen LogP contribution in [0.3, 0.4) is 0 Å². The normalized spacial score (nSPS) is 15.0. The van der Waals surface area contributed by atoms with E-state index in [0.29, 0.717) is 5.56 Å². The minimum atomic E-state index is -1.02. The number of nitrogens with two attached hydrogens (primary N) is 1. The summed E-state index contributed by atoms with van der Waals surface area (Å²) in [6, 6.07) is 3.72. The summed E-state index contributed by atoms with van der Waals surface area (Å²) in [5.74, 6) is -1.21. The molecule has 0 fully saturated rings. The second-order valence-corrected chi connectivity index (χ2v) is 10.9. The Hall–Kier alpha value is -2.94. The van der Waals surface area contributed by atoms with Gasteiger partial charge in [0.2, 0.25) is 0 Å². The number of benzene rings is 1. The molecule has 0 heterocycles. The molecule has 0 amide bonds. The molecule has 0 aromatic heterocycles. The molecule has 0 bridgehead atoms. The molecule has 9 nitrogen and oxygen atoms in total. The van der Waals surface area contributed by atoms with E-state index in [1.807, 2.05) is 41.5 Å². The lowest BCUT2D eigenvalue weighted by Crippen LogP contribution is -2.39. The predicted octanol–water partition coefficient (Wildman–Crippen LogP) is 5.15. The Morgan fingerprint density at radius 1 is 0.718 bits per heavy atom. The second-order valence-electron chi connectivity index (χ2n) is 10.9. The Bertz CT molecular complexity index is 960. The average molecular weight is 550 g/mol. The summed E-state index contributed by atoms with van der Waals surface area (Å²) in [5.41, 5.74) is 6.71. The van der Waals surface area contributed by atoms with Crippen molar-refractivity contribution in [2.24, 2.45) is 23.5 Å². The van der Waals surface area contributed by atoms with Gasteiger partial charge in [-0.3, -0.25) is 19.2 Å². The smallest absolute Gasteiger partial charge is 0.323 e. The quantitative estimate of drug-likeness (QED) is 0.220. The zero-order chi connectivity index (χ0) is 29.7. The van der Waals surface area contributed by atoms with Crippen molar-refractivity contribution >= 4 is 23.9 Å². The fraction of sp³-hybridized carbons (Fsp3) is 0.667. The SMILES string of the molecule is CCC(C)CC(=O)Oc1ccc(C[C@H](N)C(=O)O[C@@H](C)C(C)OC(=O)CC(C)C)cc1OC(=O)CC(C)CC. The average Bonchev–Trinajstić information content (AvgIpc) is 2.84. The molecule has 1 aromatic rings. The Morgan fingerprint density at radius 2 is 1.23 bits per heavy atom. The molecule has 9 heteroatoms. The first-order valence-corrected chi connectivity index (χ1v) is 13.9. The molecule has 0 aliphatic rings. The van der Waals surface area contributed by atoms with Gasteiger partial charge in [-0.05, 0) is 55.7 Å². The number of carbonyl (C=O) groups is 4. The number of hydrogen-bond donors (Lipinski definition) is 1. The van der Waals surface area contributed by atoms with Crippen molar-refractivity contribution in [3.63, 3.8) is 0 Å². The fourth-order valence-corrected chi connectivity index (χ4v) is 3.42. The second kappa shape index (κ2) is 16.9. The van der Waals surface area contributed by atoms with Crippen LogP contribution in [0.15, 0.2) is 18.2 Å². The molecule has 0 saturated carbocycles. The van der Waals surface area contributed by atoms with Gasteiger partial charge in [-0.25, -0.2) is 0 Å². The van der Waals surface area contributed by atoms with Crippen molar-refractivity contribution in [2.75, 3.05) is 0 Å². The van der Waals surface area contributed by atoms with Crippen molar-refractivity contribution < 1.29 is 38.1 Å². The largest absolute Gasteiger partial charge is 0.459 e. The van der Waals surface area contributed by atoms with Gasteiger partial charge in [0.1, 0.15) is 18.2 Å². The monoisotopic (exact) mass is 549 g/mol. The van der Waals surface area contributed by atoms with Crippen LogP contribution >= 0.6 is 0 Å². The van der Waals surface area contributed by atoms with Crippen molar-refractivity contribution in [1.82, 2.24) is 0 Å². The Labute approximate surface area is 233 Å². The zero-order valence-corrected chi connectivity index (χ0v) is 24.8. The van der Waals surface area contributed by atoms with Crippen molar-refractivity contribution in [3.05, 3.63) is 23.8 Å². The third kappa shape index (κ3) is 13.1. The van der Waals surface area contributed by atoms with E-state index >= 15 is 0 Å². The highest BCUT2D eigenvalue weighted by molar-refractivity contribution is 5.78. The van der Waals surface area contributed by atoms with E-state index in [0.717, 1.165) is 12.8 Å². The number of ether oxygens (including phenoxy) is 4. The van der Waals surface area contributed by atoms with E-state index in [4.69, 9.17) is 24.7 Å². The van der Waals surface area contributed by atoms with E-state index in [1.54, 1.807) is 26.0 Å². The topological polar surface area (TPSA) is 131 Å². The van der Waals surface area contributed by atoms with Crippen LogP contribution in [0, 0.1) is 17.8 Å². The third-order valence-corrected chi connectivity index (χ3v) is 6.49. The van der Waals surface area contributed by atoms with Crippen molar-refractivity contribution in [2.45, 2.75) is 112 Å². The van der Waals surface area contributed by atoms with Crippen LogP contribution in [0.1, 0.15) is 93.1 Å². The number of carbonyl (C=O) groups excluding carboxylic acids is 4. The first-order valence-electron chi connectivity index (χ1n) is 13.9. The molecule has 0 spiro atoms. The van der Waals surface area contributed by atoms with Gasteiger partial charge in [-0.1, -0.05) is 60.5 Å². The highest BCUT2D eigenvalue weighted by atomic mass is 16.6. The Morgan fingerprint density at radius 3 is 1.74 bits per heavy atom. The maximum absolute atomic E-state index is 12.6. The van der Waals surface area contributed by atoms with Gasteiger partial charge in [0.15, 0.2) is 11.5 Å². The molecule has 0 saturated heterocycles. The number of hydrogen-bond acceptors (Lipinski definition) is 9. The van der Waals surface area contributed by atoms with Crippen LogP contribution < -0.4 is 15.2 Å². The van der Waals surface area contributed by atoms with E-state index in [-0.39, 0.29) is 60.9 Å². The molecule has 39 heavy (non-hydrogen) atoms. The molecule has 2 N–H and O–H groups in total. The molecule has 5 atom stereocenters. The van der Waals surface area contributed by atoms with Crippen molar-refractivity contribution in [3.8, 4) is 11.5 Å². The summed E-state index contributed by atoms with van der Waals surface area (Å²) in [7, 11) is 0. The van der Waals surface area contributed by atoms with E-state index in [1.165, 1.54) is 6.07 Å². The van der Waals surface area contributed by atoms with Gasteiger partial charge >= 0.3 is 23.9 Å². The van der Waals surface area contributed by atoms with Gasteiger partial charge in [0.05, 0.1) is 0 Å². The molecule has 0 aliphatic heterocycles. The fourth-order valence-electron chi connectivity index (χ4n) is 3.42. The van der Waals surface area contributed by atoms with E-state index in [2.05, 4.69) is 0 Å². The summed E-state index contributed by atoms with van der Waals surface area (Å²) < 4.78 is 21.9. The Kier molecular flexibility index (Phi) is 14.8. The summed E-state index contributed by atoms with van der Waals surface area (Å²) in [6.45, 7) is 15.0. The molecule has 0 aliphatic carbocycles. The lowest BCUT2D eigenvalue weighted by Gasteiger charge is -2.23. The molecule has 3 unspecified atom stereocenters. The van der Waals surface area contributed by atoms with Gasteiger partial charge in [0.25, 0.3) is 0 Å². The molecule has 0 radical (unpaired) electrons. The Balaban J connectivity index is 2.95. The maximum atomic E-state index is 12.6. The summed E-state index contributed by atoms with van der Waals surface area (Å²) >= 11 is 0. The van der Waals surface area contributed by atoms with Crippen LogP contribution in [-0.4, -0.2) is 42.1 Å². The molecular formula is C30H47NO8. The number of rotatable bonds is 16. The minimum absolute atomic E-state index is 0.0874. The lowest BCUT2D eigenvalue weighted by atomic mass is 10.0. The van der Waals surface area contributed by atoms with Crippen LogP contribution in [0.5, 0.6) is 11.5 Å². The molecule has 1 rings (SSSR count). The van der Waals surface area contributed by atoms with E-state index in [9.17, 15) is 19.2 Å². The standard InChI is InChI=1S/C30H47NO8/c1-9-19(5)14-28(33)38-25-12-11-23(17-26(25)39-29(34)15-20(6)10-2)16-24(31)30(35)37-22(8)21(7)36-27(32)13-18(3)4/h11-12,17-22,24H,9-10,13-16,31H2,1-8H3/t19?,20?,21?,22-,24-/m0/s1. The first-order chi connectivity index (χ1) is 18.2. The summed E-state index contributed by atoms with van der Waals surface area (Å²) in [5, 5.41) is 0. The lowest BCUT2D eigenvalue weighted by molar-refractivity contribution is -0.166. The van der Waals surface area contributed by atoms with Gasteiger partial charge in [-0.15, -0.1) is 0 Å². The maximum Gasteiger partial charge on any atom is 0.323 e. The van der Waals surface area contributed by atoms with Crippen molar-refractivity contribution in [1.29, 1.82) is 0 Å². The summed E-state index contributed by atoms with van der Waals surface area (Å²) in [6.07, 6.45) is 1.13. The van der Waals surface area contributed by atoms with Gasteiger partial charge < -0.3 is 24.7 Å². The molecular weight excluding hydrogens is 502 g/mol. The van der Waals surface area contributed by atoms with E-state index < -0.39 is 36.2 Å². The molecule has 1 aromatic carbocycles. The third-order valence-electron chi connectivity index (χ3n) is 6.49. The molecule has 220 valence electrons. The number of esters is 4. The predicted molar refractivity (Wildman–Crippen MR) is 148 cm³/mol. The zero-order valence-electron chi connectivity index (χ0n) is 24.8. The van der Waals surface area contributed by atoms with Gasteiger partial charge in [0, 0.05) is 19.3 Å².